The molecule has 7 nitrogen and oxygen atoms in total. The van der Waals surface area contributed by atoms with E-state index in [1.54, 1.807) is 18.6 Å². The SMILES string of the molecule is CC(Nc1ncnc2c(Br)cc(Br)cc12)c1nccnc1-c1ncc(C#N)s1. The van der Waals surface area contributed by atoms with Crippen LogP contribution in [0.2, 0.25) is 0 Å². The Kier molecular flexibility index (Phi) is 5.30. The molecule has 138 valence electrons. The average Bonchev–Trinajstić information content (AvgIpc) is 3.18. The molecule has 0 aliphatic rings. The molecule has 3 aromatic heterocycles. The molecule has 0 amide bonds. The summed E-state index contributed by atoms with van der Waals surface area (Å²) in [5.41, 5.74) is 2.18. The number of nitrogens with one attached hydrogen (secondary N) is 1. The highest BCUT2D eigenvalue weighted by Crippen LogP contribution is 2.33. The zero-order valence-corrected chi connectivity index (χ0v) is 18.4. The highest BCUT2D eigenvalue weighted by Gasteiger charge is 2.19. The molecule has 1 atom stereocenters. The fourth-order valence-corrected chi connectivity index (χ4v) is 4.79. The maximum Gasteiger partial charge on any atom is 0.145 e. The van der Waals surface area contributed by atoms with Gasteiger partial charge in [-0.1, -0.05) is 15.9 Å². The first-order chi connectivity index (χ1) is 13.6. The number of benzene rings is 1. The standard InChI is InChI=1S/C18H11Br2N7S/c1-9(14-16(23-3-2-22-14)18-24-7-11(6-21)28-18)27-17-12-4-10(19)5-13(20)15(12)25-8-26-17/h2-5,7-9H,1H3,(H,25,26,27). The lowest BCUT2D eigenvalue weighted by Crippen LogP contribution is -2.12. The van der Waals surface area contributed by atoms with E-state index in [-0.39, 0.29) is 6.04 Å². The number of nitriles is 1. The van der Waals surface area contributed by atoms with Gasteiger partial charge in [0.05, 0.1) is 23.4 Å². The number of nitrogens with zero attached hydrogens (tertiary/aromatic N) is 6. The van der Waals surface area contributed by atoms with Gasteiger partial charge in [-0.15, -0.1) is 11.3 Å². The van der Waals surface area contributed by atoms with Crippen LogP contribution in [0.15, 0.2) is 46.0 Å². The molecule has 3 heterocycles. The van der Waals surface area contributed by atoms with Crippen molar-refractivity contribution in [3.05, 3.63) is 56.6 Å². The van der Waals surface area contributed by atoms with Crippen LogP contribution in [0.5, 0.6) is 0 Å². The van der Waals surface area contributed by atoms with Crippen LogP contribution in [0.4, 0.5) is 5.82 Å². The third kappa shape index (κ3) is 3.61. The summed E-state index contributed by atoms with van der Waals surface area (Å²) in [6.07, 6.45) is 6.32. The van der Waals surface area contributed by atoms with Crippen LogP contribution < -0.4 is 5.32 Å². The molecule has 10 heteroatoms. The molecule has 28 heavy (non-hydrogen) atoms. The Balaban J connectivity index is 1.74. The van der Waals surface area contributed by atoms with E-state index in [1.165, 1.54) is 17.7 Å². The van der Waals surface area contributed by atoms with Crippen LogP contribution in [0.25, 0.3) is 21.6 Å². The number of fused-ring (bicyclic) bond motifs is 1. The second kappa shape index (κ2) is 7.87. The van der Waals surface area contributed by atoms with Gasteiger partial charge in [0, 0.05) is 26.7 Å². The van der Waals surface area contributed by atoms with Crippen LogP contribution in [-0.4, -0.2) is 24.9 Å². The van der Waals surface area contributed by atoms with Crippen molar-refractivity contribution in [3.8, 4) is 16.8 Å². The lowest BCUT2D eigenvalue weighted by atomic mass is 10.1. The van der Waals surface area contributed by atoms with Crippen molar-refractivity contribution in [2.45, 2.75) is 13.0 Å². The maximum absolute atomic E-state index is 9.07. The topological polar surface area (TPSA) is 100 Å². The summed E-state index contributed by atoms with van der Waals surface area (Å²) in [5.74, 6) is 0.688. The van der Waals surface area contributed by atoms with Gasteiger partial charge >= 0.3 is 0 Å². The molecule has 0 fully saturated rings. The zero-order chi connectivity index (χ0) is 19.7. The van der Waals surface area contributed by atoms with E-state index in [9.17, 15) is 0 Å². The van der Waals surface area contributed by atoms with Crippen molar-refractivity contribution < 1.29 is 0 Å². The minimum atomic E-state index is -0.200. The lowest BCUT2D eigenvalue weighted by molar-refractivity contribution is 0.825. The summed E-state index contributed by atoms with van der Waals surface area (Å²) < 4.78 is 1.80. The van der Waals surface area contributed by atoms with Crippen LogP contribution in [-0.2, 0) is 0 Å². The van der Waals surface area contributed by atoms with Gasteiger partial charge in [-0.25, -0.2) is 15.0 Å². The van der Waals surface area contributed by atoms with Gasteiger partial charge in [-0.2, -0.15) is 5.26 Å². The van der Waals surface area contributed by atoms with Crippen molar-refractivity contribution in [1.29, 1.82) is 5.26 Å². The van der Waals surface area contributed by atoms with E-state index in [0.29, 0.717) is 21.4 Å². The average molecular weight is 517 g/mol. The molecule has 1 N–H and O–H groups in total. The summed E-state index contributed by atoms with van der Waals surface area (Å²) in [5, 5.41) is 14.0. The molecule has 1 unspecified atom stereocenters. The summed E-state index contributed by atoms with van der Waals surface area (Å²) in [7, 11) is 0. The van der Waals surface area contributed by atoms with Gasteiger partial charge in [0.15, 0.2) is 0 Å². The van der Waals surface area contributed by atoms with Gasteiger partial charge in [0.1, 0.15) is 33.8 Å². The molecule has 0 saturated carbocycles. The van der Waals surface area contributed by atoms with Gasteiger partial charge in [-0.05, 0) is 35.0 Å². The molecule has 0 saturated heterocycles. The minimum absolute atomic E-state index is 0.200. The Morgan fingerprint density at radius 3 is 2.71 bits per heavy atom. The Labute approximate surface area is 181 Å². The van der Waals surface area contributed by atoms with E-state index in [0.717, 1.165) is 25.5 Å². The zero-order valence-electron chi connectivity index (χ0n) is 14.4. The molecule has 4 rings (SSSR count). The van der Waals surface area contributed by atoms with E-state index in [4.69, 9.17) is 5.26 Å². The van der Waals surface area contributed by atoms with Crippen molar-refractivity contribution in [1.82, 2.24) is 24.9 Å². The third-order valence-corrected chi connectivity index (χ3v) is 5.94. The highest BCUT2D eigenvalue weighted by atomic mass is 79.9. The number of hydrogen-bond donors (Lipinski definition) is 1. The largest absolute Gasteiger partial charge is 0.361 e. The van der Waals surface area contributed by atoms with Crippen LogP contribution in [0.1, 0.15) is 23.5 Å². The molecular formula is C18H11Br2N7S. The summed E-state index contributed by atoms with van der Waals surface area (Å²) >= 11 is 8.34. The Bertz CT molecular complexity index is 1220. The molecule has 0 aliphatic heterocycles. The molecule has 0 aliphatic carbocycles. The van der Waals surface area contributed by atoms with Crippen molar-refractivity contribution >= 4 is 59.9 Å². The van der Waals surface area contributed by atoms with Crippen LogP contribution >= 0.6 is 43.2 Å². The fourth-order valence-electron chi connectivity index (χ4n) is 2.75. The number of aromatic nitrogens is 5. The predicted molar refractivity (Wildman–Crippen MR) is 115 cm³/mol. The molecule has 0 bridgehead atoms. The van der Waals surface area contributed by atoms with E-state index in [2.05, 4.69) is 68.2 Å². The molecule has 1 aromatic carbocycles. The second-order valence-corrected chi connectivity index (χ2v) is 8.60. The molecule has 0 spiro atoms. The quantitative estimate of drug-likeness (QED) is 0.402. The highest BCUT2D eigenvalue weighted by molar-refractivity contribution is 9.11. The first kappa shape index (κ1) is 18.9. The van der Waals surface area contributed by atoms with Gasteiger partial charge in [0.25, 0.3) is 0 Å². The van der Waals surface area contributed by atoms with Gasteiger partial charge in [0.2, 0.25) is 0 Å². The van der Waals surface area contributed by atoms with Gasteiger partial charge < -0.3 is 5.32 Å². The summed E-state index contributed by atoms with van der Waals surface area (Å²) in [6, 6.07) is 5.81. The Morgan fingerprint density at radius 1 is 1.11 bits per heavy atom. The summed E-state index contributed by atoms with van der Waals surface area (Å²) in [4.78, 5) is 22.5. The van der Waals surface area contributed by atoms with Crippen molar-refractivity contribution in [3.63, 3.8) is 0 Å². The Morgan fingerprint density at radius 2 is 1.93 bits per heavy atom. The molecule has 0 radical (unpaired) electrons. The van der Waals surface area contributed by atoms with E-state index in [1.807, 2.05) is 19.1 Å². The van der Waals surface area contributed by atoms with Crippen LogP contribution in [0, 0.1) is 11.3 Å². The Hall–Kier alpha value is -2.48. The minimum Gasteiger partial charge on any atom is -0.361 e. The number of thiazole rings is 1. The first-order valence-corrected chi connectivity index (χ1v) is 10.5. The second-order valence-electron chi connectivity index (χ2n) is 5.80. The van der Waals surface area contributed by atoms with Gasteiger partial charge in [-0.3, -0.25) is 9.97 Å². The van der Waals surface area contributed by atoms with Crippen molar-refractivity contribution in [2.75, 3.05) is 5.32 Å². The number of hydrogen-bond acceptors (Lipinski definition) is 8. The normalized spacial score (nSPS) is 11.9. The smallest absolute Gasteiger partial charge is 0.145 e. The van der Waals surface area contributed by atoms with Crippen LogP contribution in [0.3, 0.4) is 0 Å². The maximum atomic E-state index is 9.07. The predicted octanol–water partition coefficient (Wildman–Crippen LogP) is 5.11. The number of anilines is 1. The third-order valence-electron chi connectivity index (χ3n) is 3.97. The first-order valence-electron chi connectivity index (χ1n) is 8.10. The fraction of sp³-hybridized carbons (Fsp3) is 0.111. The van der Waals surface area contributed by atoms with E-state index >= 15 is 0 Å². The molecular weight excluding hydrogens is 506 g/mol. The molecule has 4 aromatic rings. The van der Waals surface area contributed by atoms with E-state index < -0.39 is 0 Å². The lowest BCUT2D eigenvalue weighted by Gasteiger charge is -2.17. The van der Waals surface area contributed by atoms with Crippen molar-refractivity contribution in [2.24, 2.45) is 0 Å². The number of rotatable bonds is 4. The number of halogens is 2. The monoisotopic (exact) mass is 515 g/mol. The summed E-state index contributed by atoms with van der Waals surface area (Å²) in [6.45, 7) is 1.98.